The number of carbonyl (C=O) groups is 1. The van der Waals surface area contributed by atoms with Gasteiger partial charge in [-0.15, -0.1) is 11.8 Å². The molecule has 1 amide bonds. The Hall–Kier alpha value is -2.14. The topological polar surface area (TPSA) is 85.8 Å². The summed E-state index contributed by atoms with van der Waals surface area (Å²) in [5.74, 6) is 0.361. The molecule has 182 valence electrons. The number of benzene rings is 2. The summed E-state index contributed by atoms with van der Waals surface area (Å²) in [7, 11) is -1.96. The lowest BCUT2D eigenvalue weighted by atomic mass is 10.2. The van der Waals surface area contributed by atoms with Crippen molar-refractivity contribution in [3.63, 3.8) is 0 Å². The molecule has 1 fully saturated rings. The highest BCUT2D eigenvalue weighted by atomic mass is 32.2. The largest absolute Gasteiger partial charge is 0.497 e. The Bertz CT molecular complexity index is 1240. The van der Waals surface area contributed by atoms with E-state index < -0.39 is 9.84 Å². The van der Waals surface area contributed by atoms with Crippen molar-refractivity contribution in [2.45, 2.75) is 41.6 Å². The zero-order chi connectivity index (χ0) is 24.1. The molecule has 3 aromatic rings. The van der Waals surface area contributed by atoms with Crippen LogP contribution in [0.5, 0.6) is 5.75 Å². The molecule has 0 bridgehead atoms. The van der Waals surface area contributed by atoms with Crippen molar-refractivity contribution in [1.82, 2.24) is 4.98 Å². The fraction of sp³-hybridized carbons (Fsp3) is 0.417. The van der Waals surface area contributed by atoms with Crippen molar-refractivity contribution >= 4 is 54.2 Å². The Labute approximate surface area is 208 Å². The minimum absolute atomic E-state index is 0.0287. The van der Waals surface area contributed by atoms with Gasteiger partial charge in [-0.25, -0.2) is 13.4 Å². The van der Waals surface area contributed by atoms with Gasteiger partial charge in [-0.2, -0.15) is 0 Å². The van der Waals surface area contributed by atoms with Gasteiger partial charge in [0.15, 0.2) is 15.0 Å². The van der Waals surface area contributed by atoms with Crippen LogP contribution in [0.15, 0.2) is 52.3 Å². The van der Waals surface area contributed by atoms with E-state index in [1.165, 1.54) is 30.6 Å². The average Bonchev–Trinajstić information content (AvgIpc) is 3.51. The van der Waals surface area contributed by atoms with Gasteiger partial charge in [0.1, 0.15) is 5.75 Å². The number of anilines is 1. The number of carbonyl (C=O) groups excluding carboxylic acids is 1. The van der Waals surface area contributed by atoms with Crippen LogP contribution in [-0.2, 0) is 19.4 Å². The summed E-state index contributed by atoms with van der Waals surface area (Å²) in [5.41, 5.74) is 0.891. The predicted octanol–water partition coefficient (Wildman–Crippen LogP) is 4.79. The third-order valence-corrected chi connectivity index (χ3v) is 9.38. The van der Waals surface area contributed by atoms with Gasteiger partial charge in [-0.1, -0.05) is 17.4 Å². The standard InChI is InChI=1S/C24H28N2O5S3/c1-30-17-10-12-19(13-11-17)34(28,29)15-5-9-22(27)26(16-18-6-4-14-31-18)24-25-23-20(32-2)7-3-8-21(23)33-24/h3,7-8,10-13,18H,4-6,9,14-16H2,1-2H3. The molecule has 2 aromatic carbocycles. The number of thioether (sulfide) groups is 1. The van der Waals surface area contributed by atoms with E-state index in [-0.39, 0.29) is 35.5 Å². The summed E-state index contributed by atoms with van der Waals surface area (Å²) < 4.78 is 37.3. The summed E-state index contributed by atoms with van der Waals surface area (Å²) in [4.78, 5) is 21.1. The molecular formula is C24H28N2O5S3. The van der Waals surface area contributed by atoms with Crippen molar-refractivity contribution < 1.29 is 22.7 Å². The van der Waals surface area contributed by atoms with Crippen LogP contribution in [0.4, 0.5) is 5.13 Å². The Kier molecular flexibility index (Phi) is 8.13. The molecule has 1 aliphatic heterocycles. The Morgan fingerprint density at radius 1 is 1.26 bits per heavy atom. The molecule has 4 rings (SSSR count). The number of nitrogens with zero attached hydrogens (tertiary/aromatic N) is 2. The number of ether oxygens (including phenoxy) is 2. The van der Waals surface area contributed by atoms with Gasteiger partial charge in [-0.05, 0) is 61.9 Å². The smallest absolute Gasteiger partial charge is 0.228 e. The van der Waals surface area contributed by atoms with Crippen LogP contribution in [0, 0.1) is 0 Å². The number of hydrogen-bond acceptors (Lipinski definition) is 8. The summed E-state index contributed by atoms with van der Waals surface area (Å²) in [5, 5.41) is 0.634. The van der Waals surface area contributed by atoms with Crippen molar-refractivity contribution in [2.75, 3.05) is 37.2 Å². The van der Waals surface area contributed by atoms with Gasteiger partial charge < -0.3 is 9.47 Å². The quantitative estimate of drug-likeness (QED) is 0.355. The number of methoxy groups -OCH3 is 1. The van der Waals surface area contributed by atoms with Crippen LogP contribution < -0.4 is 9.64 Å². The van der Waals surface area contributed by atoms with E-state index in [1.54, 1.807) is 28.8 Å². The number of aromatic nitrogens is 1. The lowest BCUT2D eigenvalue weighted by Crippen LogP contribution is -2.37. The van der Waals surface area contributed by atoms with Crippen LogP contribution in [0.25, 0.3) is 10.2 Å². The zero-order valence-electron chi connectivity index (χ0n) is 19.2. The van der Waals surface area contributed by atoms with E-state index in [4.69, 9.17) is 14.5 Å². The molecular weight excluding hydrogens is 492 g/mol. The normalized spacial score (nSPS) is 16.1. The van der Waals surface area contributed by atoms with Crippen LogP contribution in [0.1, 0.15) is 25.7 Å². The minimum Gasteiger partial charge on any atom is -0.497 e. The van der Waals surface area contributed by atoms with Gasteiger partial charge in [0.2, 0.25) is 5.91 Å². The maximum atomic E-state index is 13.3. The van der Waals surface area contributed by atoms with Gasteiger partial charge in [0, 0.05) is 17.9 Å². The van der Waals surface area contributed by atoms with Crippen LogP contribution in [0.3, 0.4) is 0 Å². The lowest BCUT2D eigenvalue weighted by molar-refractivity contribution is -0.119. The SMILES string of the molecule is COc1ccc(S(=O)(=O)CCCC(=O)N(CC2CCCO2)c2nc3c(SC)cccc3s2)cc1. The molecule has 0 radical (unpaired) electrons. The highest BCUT2D eigenvalue weighted by Crippen LogP contribution is 2.35. The molecule has 1 unspecified atom stereocenters. The molecule has 1 aromatic heterocycles. The van der Waals surface area contributed by atoms with Crippen LogP contribution in [-0.4, -0.2) is 57.7 Å². The molecule has 1 atom stereocenters. The monoisotopic (exact) mass is 520 g/mol. The molecule has 10 heteroatoms. The number of sulfone groups is 1. The van der Waals surface area contributed by atoms with Crippen molar-refractivity contribution in [1.29, 1.82) is 0 Å². The van der Waals surface area contributed by atoms with Crippen molar-refractivity contribution in [3.8, 4) is 5.75 Å². The number of para-hydroxylation sites is 1. The molecule has 1 saturated heterocycles. The highest BCUT2D eigenvalue weighted by molar-refractivity contribution is 7.98. The first-order valence-corrected chi connectivity index (χ1v) is 14.8. The van der Waals surface area contributed by atoms with E-state index in [2.05, 4.69) is 0 Å². The number of rotatable bonds is 10. The number of fused-ring (bicyclic) bond motifs is 1. The third-order valence-electron chi connectivity index (χ3n) is 5.76. The fourth-order valence-electron chi connectivity index (χ4n) is 3.92. The second-order valence-electron chi connectivity index (χ2n) is 8.04. The summed E-state index contributed by atoms with van der Waals surface area (Å²) >= 11 is 3.10. The summed E-state index contributed by atoms with van der Waals surface area (Å²) in [6, 6.07) is 12.3. The van der Waals surface area contributed by atoms with E-state index in [1.807, 2.05) is 24.5 Å². The minimum atomic E-state index is -3.49. The second kappa shape index (κ2) is 11.1. The highest BCUT2D eigenvalue weighted by Gasteiger charge is 2.27. The molecule has 2 heterocycles. The Morgan fingerprint density at radius 2 is 2.06 bits per heavy atom. The second-order valence-corrected chi connectivity index (χ2v) is 12.0. The molecule has 7 nitrogen and oxygen atoms in total. The van der Waals surface area contributed by atoms with E-state index >= 15 is 0 Å². The first kappa shape index (κ1) is 25.0. The maximum absolute atomic E-state index is 13.3. The Balaban J connectivity index is 1.48. The predicted molar refractivity (Wildman–Crippen MR) is 137 cm³/mol. The molecule has 0 aliphatic carbocycles. The van der Waals surface area contributed by atoms with Gasteiger partial charge in [-0.3, -0.25) is 9.69 Å². The number of thiazole rings is 1. The maximum Gasteiger partial charge on any atom is 0.228 e. The van der Waals surface area contributed by atoms with E-state index in [0.29, 0.717) is 24.0 Å². The zero-order valence-corrected chi connectivity index (χ0v) is 21.7. The van der Waals surface area contributed by atoms with Crippen LogP contribution >= 0.6 is 23.1 Å². The molecule has 0 saturated carbocycles. The fourth-order valence-corrected chi connectivity index (χ4v) is 6.88. The molecule has 1 aliphatic rings. The summed E-state index contributed by atoms with van der Waals surface area (Å²) in [6.45, 7) is 1.13. The van der Waals surface area contributed by atoms with Crippen molar-refractivity contribution in [3.05, 3.63) is 42.5 Å². The van der Waals surface area contributed by atoms with Gasteiger partial charge >= 0.3 is 0 Å². The average molecular weight is 521 g/mol. The molecule has 0 spiro atoms. The van der Waals surface area contributed by atoms with E-state index in [0.717, 1.165) is 28.0 Å². The first-order chi connectivity index (χ1) is 16.4. The number of amides is 1. The summed E-state index contributed by atoms with van der Waals surface area (Å²) in [6.07, 6.45) is 4.20. The van der Waals surface area contributed by atoms with Crippen molar-refractivity contribution in [2.24, 2.45) is 0 Å². The third kappa shape index (κ3) is 5.73. The van der Waals surface area contributed by atoms with Gasteiger partial charge in [0.25, 0.3) is 0 Å². The Morgan fingerprint density at radius 3 is 2.74 bits per heavy atom. The van der Waals surface area contributed by atoms with Gasteiger partial charge in [0.05, 0.1) is 40.6 Å². The lowest BCUT2D eigenvalue weighted by Gasteiger charge is -2.23. The molecule has 34 heavy (non-hydrogen) atoms. The van der Waals surface area contributed by atoms with E-state index in [9.17, 15) is 13.2 Å². The number of hydrogen-bond donors (Lipinski definition) is 0. The van der Waals surface area contributed by atoms with Crippen LogP contribution in [0.2, 0.25) is 0 Å². The molecule has 0 N–H and O–H groups in total. The first-order valence-electron chi connectivity index (χ1n) is 11.1.